The Hall–Kier alpha value is -3.53. The van der Waals surface area contributed by atoms with Crippen LogP contribution in [0.2, 0.25) is 0 Å². The molecule has 0 unspecified atom stereocenters. The van der Waals surface area contributed by atoms with Crippen LogP contribution in [0, 0.1) is 12.3 Å². The smallest absolute Gasteiger partial charge is 0.266 e. The van der Waals surface area contributed by atoms with Crippen LogP contribution in [0.3, 0.4) is 0 Å². The number of piperidine rings is 2. The summed E-state index contributed by atoms with van der Waals surface area (Å²) in [6.45, 7) is 2.98. The number of aliphatic hydroxyl groups is 1. The Kier molecular flexibility index (Phi) is 7.00. The number of aryl methyl sites for hydroxylation is 1. The fourth-order valence-corrected chi connectivity index (χ4v) is 5.99. The maximum Gasteiger partial charge on any atom is 0.266 e. The van der Waals surface area contributed by atoms with Crippen molar-refractivity contribution in [2.75, 3.05) is 53.1 Å². The second-order valence-corrected chi connectivity index (χ2v) is 12.9. The quantitative estimate of drug-likeness (QED) is 0.394. The number of hydrogen-bond donors (Lipinski definition) is 2. The summed E-state index contributed by atoms with van der Waals surface area (Å²) in [4.78, 5) is 21.4. The van der Waals surface area contributed by atoms with Gasteiger partial charge >= 0.3 is 0 Å². The second-order valence-electron chi connectivity index (χ2n) is 11.0. The van der Waals surface area contributed by atoms with Gasteiger partial charge in [-0.25, -0.2) is 32.2 Å². The van der Waals surface area contributed by atoms with Crippen LogP contribution in [0.4, 0.5) is 26.5 Å². The van der Waals surface area contributed by atoms with Gasteiger partial charge in [0, 0.05) is 50.9 Å². The number of nitrogens with zero attached hydrogens (tertiary/aromatic N) is 8. The maximum atomic E-state index is 13.7. The van der Waals surface area contributed by atoms with Crippen LogP contribution in [-0.4, -0.2) is 88.1 Å². The Balaban J connectivity index is 1.30. The molecule has 3 aliphatic rings. The molecule has 2 N–H and O–H groups in total. The molecule has 220 valence electrons. The van der Waals surface area contributed by atoms with E-state index in [9.17, 15) is 17.2 Å². The average molecular weight is 592 g/mol. The third-order valence-corrected chi connectivity index (χ3v) is 9.16. The maximum absolute atomic E-state index is 13.7. The molecule has 6 rings (SSSR count). The topological polar surface area (TPSA) is 163 Å². The van der Waals surface area contributed by atoms with E-state index in [2.05, 4.69) is 39.8 Å². The molecule has 1 spiro atoms. The molecule has 0 radical (unpaired) electrons. The monoisotopic (exact) mass is 591 g/mol. The Morgan fingerprint density at radius 1 is 0.976 bits per heavy atom. The summed E-state index contributed by atoms with van der Waals surface area (Å²) in [5, 5.41) is 17.5. The van der Waals surface area contributed by atoms with E-state index in [0.29, 0.717) is 34.1 Å². The normalized spacial score (nSPS) is 19.9. The summed E-state index contributed by atoms with van der Waals surface area (Å²) < 4.78 is 60.2. The zero-order chi connectivity index (χ0) is 28.8. The molecule has 2 saturated heterocycles. The molecule has 1 aliphatic carbocycles. The number of aliphatic hydroxyl groups excluding tert-OH is 1. The highest BCUT2D eigenvalue weighted by molar-refractivity contribution is 7.92. The van der Waals surface area contributed by atoms with Crippen molar-refractivity contribution in [1.82, 2.24) is 30.1 Å². The van der Waals surface area contributed by atoms with Crippen molar-refractivity contribution in [2.24, 2.45) is 5.41 Å². The summed E-state index contributed by atoms with van der Waals surface area (Å²) >= 11 is 0. The predicted octanol–water partition coefficient (Wildman–Crippen LogP) is 2.64. The van der Waals surface area contributed by atoms with Gasteiger partial charge in [-0.3, -0.25) is 4.72 Å². The number of aromatic nitrogens is 6. The molecule has 16 heteroatoms. The van der Waals surface area contributed by atoms with Crippen molar-refractivity contribution in [3.8, 4) is 23.0 Å². The Morgan fingerprint density at radius 2 is 1.66 bits per heavy atom. The minimum absolute atomic E-state index is 0.114. The Bertz CT molecular complexity index is 1530. The first-order valence-corrected chi connectivity index (χ1v) is 15.3. The largest absolute Gasteiger partial charge is 0.414 e. The molecular weight excluding hydrogens is 560 g/mol. The highest BCUT2D eigenvalue weighted by Crippen LogP contribution is 2.54. The third kappa shape index (κ3) is 6.07. The molecule has 3 aromatic rings. The SMILES string of the molecule is Cc1cc(-c2nnc(-c3cnc(NS(=O)(=O)CCO)nc3N3CCC4(CC3)CC4)o2)nc(N2CCC(F)(F)CC2)n1. The van der Waals surface area contributed by atoms with Crippen LogP contribution in [0.25, 0.3) is 23.0 Å². The van der Waals surface area contributed by atoms with Crippen molar-refractivity contribution in [1.29, 1.82) is 0 Å². The fourth-order valence-electron chi connectivity index (χ4n) is 5.27. The summed E-state index contributed by atoms with van der Waals surface area (Å²) in [6.07, 6.45) is 5.34. The lowest BCUT2D eigenvalue weighted by Gasteiger charge is -2.33. The van der Waals surface area contributed by atoms with E-state index in [1.165, 1.54) is 19.0 Å². The average Bonchev–Trinajstić information content (AvgIpc) is 3.48. The number of rotatable bonds is 8. The summed E-state index contributed by atoms with van der Waals surface area (Å²) in [5.74, 6) is -2.27. The van der Waals surface area contributed by atoms with Gasteiger partial charge in [-0.05, 0) is 44.1 Å². The van der Waals surface area contributed by atoms with Crippen molar-refractivity contribution in [3.05, 3.63) is 18.0 Å². The van der Waals surface area contributed by atoms with Crippen molar-refractivity contribution in [3.63, 3.8) is 0 Å². The number of sulfonamides is 1. The zero-order valence-corrected chi connectivity index (χ0v) is 23.4. The van der Waals surface area contributed by atoms with Crippen LogP contribution in [0.1, 0.15) is 44.2 Å². The van der Waals surface area contributed by atoms with Crippen LogP contribution >= 0.6 is 0 Å². The summed E-state index contributed by atoms with van der Waals surface area (Å²) in [5.41, 5.74) is 1.81. The van der Waals surface area contributed by atoms with Gasteiger partial charge in [0.25, 0.3) is 17.7 Å². The number of hydrogen-bond acceptors (Lipinski definition) is 12. The highest BCUT2D eigenvalue weighted by atomic mass is 32.2. The van der Waals surface area contributed by atoms with Crippen molar-refractivity contribution < 1.29 is 26.7 Å². The minimum Gasteiger partial charge on any atom is -0.414 e. The van der Waals surface area contributed by atoms with E-state index in [1.807, 2.05) is 0 Å². The van der Waals surface area contributed by atoms with E-state index < -0.39 is 28.3 Å². The lowest BCUT2D eigenvalue weighted by Crippen LogP contribution is -2.40. The number of alkyl halides is 2. The Morgan fingerprint density at radius 3 is 2.34 bits per heavy atom. The van der Waals surface area contributed by atoms with Gasteiger partial charge in [0.2, 0.25) is 21.9 Å². The number of halogens is 2. The molecule has 1 saturated carbocycles. The van der Waals surface area contributed by atoms with Crippen molar-refractivity contribution in [2.45, 2.75) is 51.4 Å². The van der Waals surface area contributed by atoms with Crippen LogP contribution in [0.15, 0.2) is 16.7 Å². The zero-order valence-electron chi connectivity index (χ0n) is 22.6. The summed E-state index contributed by atoms with van der Waals surface area (Å²) in [6, 6.07) is 1.68. The number of anilines is 3. The first kappa shape index (κ1) is 27.6. The first-order chi connectivity index (χ1) is 19.5. The van der Waals surface area contributed by atoms with E-state index in [4.69, 9.17) is 9.52 Å². The molecule has 5 heterocycles. The molecule has 3 aromatic heterocycles. The van der Waals surface area contributed by atoms with Crippen LogP contribution in [0.5, 0.6) is 0 Å². The molecule has 2 aliphatic heterocycles. The molecule has 0 amide bonds. The molecule has 3 fully saturated rings. The third-order valence-electron chi connectivity index (χ3n) is 7.95. The molecule has 41 heavy (non-hydrogen) atoms. The molecular formula is C25H31F2N9O4S. The fraction of sp³-hybridized carbons (Fsp3) is 0.600. The number of nitrogens with one attached hydrogen (secondary N) is 1. The second kappa shape index (κ2) is 10.4. The van der Waals surface area contributed by atoms with Crippen molar-refractivity contribution >= 4 is 27.7 Å². The van der Waals surface area contributed by atoms with E-state index >= 15 is 0 Å². The molecule has 0 bridgehead atoms. The molecule has 13 nitrogen and oxygen atoms in total. The molecule has 0 aromatic carbocycles. The van der Waals surface area contributed by atoms with Crippen LogP contribution in [-0.2, 0) is 10.0 Å². The van der Waals surface area contributed by atoms with Gasteiger partial charge in [-0.2, -0.15) is 4.98 Å². The molecule has 0 atom stereocenters. The van der Waals surface area contributed by atoms with Gasteiger partial charge in [-0.1, -0.05) is 0 Å². The van der Waals surface area contributed by atoms with E-state index in [-0.39, 0.29) is 43.7 Å². The standard InChI is InChI=1S/C25H31F2N9O4S/c1-16-14-18(30-23(29-16)36-10-6-25(26,27)7-11-36)21-33-32-20(40-21)17-15-28-22(34-41(38,39)13-12-37)31-19(17)35-8-4-24(2-3-24)5-9-35/h14-15,37H,2-13H2,1H3,(H,28,31,34). The lowest BCUT2D eigenvalue weighted by molar-refractivity contribution is -0.0222. The lowest BCUT2D eigenvalue weighted by atomic mass is 9.93. The predicted molar refractivity (Wildman–Crippen MR) is 145 cm³/mol. The van der Waals surface area contributed by atoms with Gasteiger partial charge in [0.15, 0.2) is 0 Å². The van der Waals surface area contributed by atoms with Gasteiger partial charge in [0.05, 0.1) is 17.9 Å². The van der Waals surface area contributed by atoms with Crippen LogP contribution < -0.4 is 14.5 Å². The minimum atomic E-state index is -3.83. The first-order valence-electron chi connectivity index (χ1n) is 13.6. The van der Waals surface area contributed by atoms with Gasteiger partial charge in [-0.15, -0.1) is 10.2 Å². The van der Waals surface area contributed by atoms with E-state index in [1.54, 1.807) is 17.9 Å². The highest BCUT2D eigenvalue weighted by Gasteiger charge is 2.45. The Labute approximate surface area is 235 Å². The van der Waals surface area contributed by atoms with E-state index in [0.717, 1.165) is 25.9 Å². The van der Waals surface area contributed by atoms with Gasteiger partial charge < -0.3 is 19.3 Å². The summed E-state index contributed by atoms with van der Waals surface area (Å²) in [7, 11) is -3.83. The van der Waals surface area contributed by atoms with Gasteiger partial charge in [0.1, 0.15) is 11.5 Å².